The molecule has 0 aliphatic carbocycles. The minimum atomic E-state index is 0.0414. The highest BCUT2D eigenvalue weighted by molar-refractivity contribution is 7.99. The fourth-order valence-electron chi connectivity index (χ4n) is 0.972. The van der Waals surface area contributed by atoms with Gasteiger partial charge in [0.2, 0.25) is 0 Å². The largest absolute Gasteiger partial charge is 0.299 e. The normalized spacial score (nSPS) is 13.2. The third kappa shape index (κ3) is 2.95. The summed E-state index contributed by atoms with van der Waals surface area (Å²) in [5.41, 5.74) is 1.05. The number of nitrogens with one attached hydrogen (secondary N) is 1. The molecule has 1 unspecified atom stereocenters. The van der Waals surface area contributed by atoms with Gasteiger partial charge in [-0.2, -0.15) is 11.8 Å². The molecule has 0 aromatic carbocycles. The van der Waals surface area contributed by atoms with E-state index in [2.05, 4.69) is 18.9 Å². The lowest BCUT2D eigenvalue weighted by Gasteiger charge is -2.05. The maximum atomic E-state index is 11.1. The second-order valence-corrected chi connectivity index (χ2v) is 4.64. The van der Waals surface area contributed by atoms with Crippen LogP contribution >= 0.6 is 11.8 Å². The molecule has 0 amide bonds. The van der Waals surface area contributed by atoms with Crippen LogP contribution in [0.5, 0.6) is 0 Å². The zero-order valence-electron chi connectivity index (χ0n) is 8.33. The summed E-state index contributed by atoms with van der Waals surface area (Å²) in [5.74, 6) is 0.894. The van der Waals surface area contributed by atoms with Crippen LogP contribution in [0.25, 0.3) is 0 Å². The lowest BCUT2D eigenvalue weighted by Crippen LogP contribution is -2.09. The van der Waals surface area contributed by atoms with Gasteiger partial charge in [-0.15, -0.1) is 0 Å². The average Bonchev–Trinajstić information content (AvgIpc) is 2.42. The van der Waals surface area contributed by atoms with Gasteiger partial charge in [0.05, 0.1) is 0 Å². The van der Waals surface area contributed by atoms with E-state index in [1.165, 1.54) is 11.1 Å². The smallest absolute Gasteiger partial charge is 0.266 e. The number of hydrogen-bond donors (Lipinski definition) is 1. The van der Waals surface area contributed by atoms with E-state index in [-0.39, 0.29) is 5.56 Å². The van der Waals surface area contributed by atoms with E-state index in [4.69, 9.17) is 0 Å². The van der Waals surface area contributed by atoms with Crippen molar-refractivity contribution in [3.63, 3.8) is 0 Å². The van der Waals surface area contributed by atoms with Gasteiger partial charge in [0, 0.05) is 29.8 Å². The van der Waals surface area contributed by atoms with Gasteiger partial charge >= 0.3 is 0 Å². The van der Waals surface area contributed by atoms with Crippen molar-refractivity contribution in [2.75, 3.05) is 0 Å². The number of hydrogen-bond acceptors (Lipinski definition) is 2. The van der Waals surface area contributed by atoms with Gasteiger partial charge in [0.1, 0.15) is 0 Å². The Morgan fingerprint density at radius 1 is 1.69 bits per heavy atom. The zero-order chi connectivity index (χ0) is 9.84. The molecule has 0 saturated carbocycles. The summed E-state index contributed by atoms with van der Waals surface area (Å²) in [4.78, 5) is 11.1. The topological polar surface area (TPSA) is 37.8 Å². The Morgan fingerprint density at radius 2 is 2.38 bits per heavy atom. The molecule has 0 radical (unpaired) electrons. The maximum Gasteiger partial charge on any atom is 0.266 e. The molecule has 1 aromatic rings. The van der Waals surface area contributed by atoms with Crippen LogP contribution in [0.2, 0.25) is 0 Å². The molecular formula is C9H16N2OS. The van der Waals surface area contributed by atoms with Crippen molar-refractivity contribution in [3.05, 3.63) is 22.1 Å². The quantitative estimate of drug-likeness (QED) is 0.804. The Bertz CT molecular complexity index is 316. The highest BCUT2D eigenvalue weighted by Crippen LogP contribution is 2.17. The van der Waals surface area contributed by atoms with E-state index in [1.807, 2.05) is 11.8 Å². The molecular weight excluding hydrogens is 184 g/mol. The summed E-state index contributed by atoms with van der Waals surface area (Å²) in [7, 11) is 1.74. The van der Waals surface area contributed by atoms with Crippen LogP contribution in [0.1, 0.15) is 26.0 Å². The third-order valence-electron chi connectivity index (χ3n) is 2.04. The van der Waals surface area contributed by atoms with Crippen LogP contribution in [0.3, 0.4) is 0 Å². The number of aromatic amines is 1. The number of H-pyrrole nitrogens is 1. The first kappa shape index (κ1) is 10.4. The first-order valence-corrected chi connectivity index (χ1v) is 5.55. The first-order valence-electron chi connectivity index (χ1n) is 4.50. The Hall–Kier alpha value is -0.640. The van der Waals surface area contributed by atoms with Gasteiger partial charge in [-0.05, 0) is 6.42 Å². The predicted molar refractivity (Wildman–Crippen MR) is 57.1 cm³/mol. The van der Waals surface area contributed by atoms with Crippen LogP contribution in [0.4, 0.5) is 0 Å². The fraction of sp³-hybridized carbons (Fsp3) is 0.667. The first-order chi connectivity index (χ1) is 6.13. The summed E-state index contributed by atoms with van der Waals surface area (Å²) in [6.45, 7) is 4.37. The molecule has 0 fully saturated rings. The van der Waals surface area contributed by atoms with E-state index in [0.29, 0.717) is 5.25 Å². The monoisotopic (exact) mass is 200 g/mol. The zero-order valence-corrected chi connectivity index (χ0v) is 9.15. The molecule has 0 aliphatic heterocycles. The molecule has 3 nitrogen and oxygen atoms in total. The molecule has 0 aliphatic rings. The van der Waals surface area contributed by atoms with Crippen molar-refractivity contribution in [1.29, 1.82) is 0 Å². The molecule has 1 N–H and O–H groups in total. The SMILES string of the molecule is CCC(C)SCc1cc(=O)n(C)[nH]1. The minimum Gasteiger partial charge on any atom is -0.299 e. The Balaban J connectivity index is 2.50. The van der Waals surface area contributed by atoms with Crippen LogP contribution in [-0.4, -0.2) is 15.0 Å². The van der Waals surface area contributed by atoms with Crippen molar-refractivity contribution >= 4 is 11.8 Å². The van der Waals surface area contributed by atoms with E-state index >= 15 is 0 Å². The van der Waals surface area contributed by atoms with Crippen LogP contribution in [-0.2, 0) is 12.8 Å². The molecule has 4 heteroatoms. The van der Waals surface area contributed by atoms with Crippen LogP contribution < -0.4 is 5.56 Å². The number of aryl methyl sites for hydroxylation is 1. The van der Waals surface area contributed by atoms with E-state index in [1.54, 1.807) is 13.1 Å². The van der Waals surface area contributed by atoms with Gasteiger partial charge in [0.25, 0.3) is 5.56 Å². The molecule has 1 heterocycles. The summed E-state index contributed by atoms with van der Waals surface area (Å²) in [6, 6.07) is 1.66. The molecule has 1 atom stereocenters. The van der Waals surface area contributed by atoms with Gasteiger partial charge in [0.15, 0.2) is 0 Å². The molecule has 74 valence electrons. The van der Waals surface area contributed by atoms with Crippen molar-refractivity contribution in [2.45, 2.75) is 31.3 Å². The highest BCUT2D eigenvalue weighted by Gasteiger charge is 2.02. The van der Waals surface area contributed by atoms with Crippen LogP contribution in [0.15, 0.2) is 10.9 Å². The standard InChI is InChI=1S/C9H16N2OS/c1-4-7(2)13-6-8-5-9(12)11(3)10-8/h5,7,10H,4,6H2,1-3H3. The second kappa shape index (κ2) is 4.56. The van der Waals surface area contributed by atoms with Gasteiger partial charge in [-0.3, -0.25) is 14.6 Å². The lowest BCUT2D eigenvalue weighted by atomic mass is 10.4. The minimum absolute atomic E-state index is 0.0414. The summed E-state index contributed by atoms with van der Waals surface area (Å²) < 4.78 is 1.51. The number of aromatic nitrogens is 2. The average molecular weight is 200 g/mol. The number of rotatable bonds is 4. The van der Waals surface area contributed by atoms with Crippen molar-refractivity contribution in [3.8, 4) is 0 Å². The van der Waals surface area contributed by atoms with Gasteiger partial charge in [-0.25, -0.2) is 0 Å². The van der Waals surface area contributed by atoms with Gasteiger partial charge < -0.3 is 0 Å². The predicted octanol–water partition coefficient (Wildman–Crippen LogP) is 1.75. The number of thioether (sulfide) groups is 1. The molecule has 0 saturated heterocycles. The molecule has 0 spiro atoms. The lowest BCUT2D eigenvalue weighted by molar-refractivity contribution is 0.729. The van der Waals surface area contributed by atoms with E-state index in [0.717, 1.165) is 11.4 Å². The van der Waals surface area contributed by atoms with E-state index in [9.17, 15) is 4.79 Å². The summed E-state index contributed by atoms with van der Waals surface area (Å²) in [5, 5.41) is 3.66. The Labute approximate surface area is 82.5 Å². The van der Waals surface area contributed by atoms with Crippen molar-refractivity contribution < 1.29 is 0 Å². The molecule has 0 bridgehead atoms. The van der Waals surface area contributed by atoms with Crippen molar-refractivity contribution in [1.82, 2.24) is 9.78 Å². The Morgan fingerprint density at radius 3 is 2.85 bits per heavy atom. The molecule has 1 aromatic heterocycles. The van der Waals surface area contributed by atoms with Gasteiger partial charge in [-0.1, -0.05) is 13.8 Å². The fourth-order valence-corrected chi connectivity index (χ4v) is 1.82. The highest BCUT2D eigenvalue weighted by atomic mass is 32.2. The third-order valence-corrected chi connectivity index (χ3v) is 3.42. The van der Waals surface area contributed by atoms with Crippen molar-refractivity contribution in [2.24, 2.45) is 7.05 Å². The van der Waals surface area contributed by atoms with E-state index < -0.39 is 0 Å². The Kier molecular flexibility index (Phi) is 3.66. The summed E-state index contributed by atoms with van der Waals surface area (Å²) >= 11 is 1.87. The van der Waals surface area contributed by atoms with Crippen LogP contribution in [0, 0.1) is 0 Å². The molecule has 13 heavy (non-hydrogen) atoms. The maximum absolute atomic E-state index is 11.1. The number of nitrogens with zero attached hydrogens (tertiary/aromatic N) is 1. The second-order valence-electron chi connectivity index (χ2n) is 3.21. The molecule has 1 rings (SSSR count). The summed E-state index contributed by atoms with van der Waals surface area (Å²) in [6.07, 6.45) is 1.17.